The molecule has 3 amide bonds. The summed E-state index contributed by atoms with van der Waals surface area (Å²) in [6.07, 6.45) is 15.4. The van der Waals surface area contributed by atoms with E-state index in [4.69, 9.17) is 37.9 Å². The van der Waals surface area contributed by atoms with Crippen molar-refractivity contribution >= 4 is 29.3 Å². The van der Waals surface area contributed by atoms with Crippen molar-refractivity contribution in [3.8, 4) is 0 Å². The van der Waals surface area contributed by atoms with Crippen LogP contribution in [-0.2, 0) is 114 Å². The first-order valence-electron chi connectivity index (χ1n) is 37.9. The fourth-order valence-electron chi connectivity index (χ4n) is 9.46. The molecule has 4 N–H and O–H groups in total. The molecule has 1 aliphatic rings. The number of rotatable bonds is 41. The average molecular weight is 1490 g/mol. The van der Waals surface area contributed by atoms with Gasteiger partial charge in [-0.05, 0) is 154 Å². The molecule has 0 bridgehead atoms. The Morgan fingerprint density at radius 3 is 1.36 bits per heavy atom. The van der Waals surface area contributed by atoms with E-state index < -0.39 is 0 Å². The minimum atomic E-state index is -0.331. The Morgan fingerprint density at radius 2 is 0.914 bits per heavy atom. The number of nitrogens with zero attached hydrogens (tertiary/aromatic N) is 12. The third-order valence-corrected chi connectivity index (χ3v) is 14.2. The van der Waals surface area contributed by atoms with Crippen LogP contribution in [0.15, 0.2) is 24.8 Å². The largest absolute Gasteiger partial charge is 0.379 e. The standard InChI is InChI=1S/C18H31N3O4.C17H32N4O3.C15H26N4O2.C14H27N5O.C12H26O3/c1-13(2)7-16(22)10-21-9-15(19-20-21)11-23-12-18-8-17(5-6-24-18)25-14(3)4;1-14(2)7-6-8-23-9-10-24-13-15-11-21(20-19-15)12-16(22)18-17(3,4)5;1-14(2,3)12(20)8-7-11-9-19(18-17-11)10-13(21)16-15(4,5)6;1-13(2,3)15-8-7-11-9-19(18-17-11)10-12(20)16-14(4,5)6;1-11(2)5-6-13-7-8-14-9-10-15-12(3)4/h9,13-14,17-18H,5-8,10-12H2,1-4H3;11,14H,6-10,12-13H2,1-5H3,(H,18,22);9H,7-8,10H2,1-6H3,(H,16,21);9,15H,7-8,10H2,1-6H3,(H,16,20);11-12H,5-10H2,1-4H3/t17-,18+;;;;/m0..../s1. The van der Waals surface area contributed by atoms with Crippen molar-refractivity contribution in [3.63, 3.8) is 0 Å². The fraction of sp³-hybridized carbons (Fsp3) is 0.829. The Morgan fingerprint density at radius 1 is 0.486 bits per heavy atom. The molecule has 4 aromatic heterocycles. The molecule has 29 nitrogen and oxygen atoms in total. The molecule has 105 heavy (non-hydrogen) atoms. The summed E-state index contributed by atoms with van der Waals surface area (Å²) >= 11 is 0. The summed E-state index contributed by atoms with van der Waals surface area (Å²) < 4.78 is 50.6. The number of hydrogen-bond acceptors (Lipinski definition) is 22. The number of aryl methyl sites for hydroxylation is 1. The van der Waals surface area contributed by atoms with Gasteiger partial charge in [-0.1, -0.05) is 83.2 Å². The molecule has 2 atom stereocenters. The van der Waals surface area contributed by atoms with E-state index in [1.54, 1.807) is 28.0 Å². The molecule has 0 aliphatic carbocycles. The highest BCUT2D eigenvalue weighted by Gasteiger charge is 2.26. The summed E-state index contributed by atoms with van der Waals surface area (Å²) in [5.74, 6) is 1.91. The molecule has 0 radical (unpaired) electrons. The van der Waals surface area contributed by atoms with Gasteiger partial charge in [-0.3, -0.25) is 24.0 Å². The van der Waals surface area contributed by atoms with Crippen LogP contribution in [0.1, 0.15) is 241 Å². The van der Waals surface area contributed by atoms with E-state index in [0.29, 0.717) is 103 Å². The number of ether oxygens (including phenoxy) is 8. The lowest BCUT2D eigenvalue weighted by Crippen LogP contribution is -2.42. The molecule has 0 aromatic carbocycles. The van der Waals surface area contributed by atoms with Crippen LogP contribution in [-0.4, -0.2) is 208 Å². The van der Waals surface area contributed by atoms with Gasteiger partial charge in [0, 0.05) is 98.4 Å². The van der Waals surface area contributed by atoms with Gasteiger partial charge < -0.3 is 59.2 Å². The van der Waals surface area contributed by atoms with Crippen LogP contribution in [0.2, 0.25) is 0 Å². The summed E-state index contributed by atoms with van der Waals surface area (Å²) in [6, 6.07) is 0. The van der Waals surface area contributed by atoms with Gasteiger partial charge in [0.15, 0.2) is 5.78 Å². The first kappa shape index (κ1) is 97.0. The molecule has 4 aromatic rings. The fourth-order valence-corrected chi connectivity index (χ4v) is 9.46. The number of aromatic nitrogens is 12. The van der Waals surface area contributed by atoms with Crippen molar-refractivity contribution in [2.24, 2.45) is 23.2 Å². The van der Waals surface area contributed by atoms with Crippen LogP contribution in [0, 0.1) is 23.2 Å². The molecule has 604 valence electrons. The summed E-state index contributed by atoms with van der Waals surface area (Å²) in [4.78, 5) is 59.0. The van der Waals surface area contributed by atoms with E-state index >= 15 is 0 Å². The van der Waals surface area contributed by atoms with Gasteiger partial charge in [0.1, 0.15) is 43.4 Å². The van der Waals surface area contributed by atoms with Crippen LogP contribution >= 0.6 is 0 Å². The van der Waals surface area contributed by atoms with Crippen LogP contribution in [0.4, 0.5) is 0 Å². The third-order valence-electron chi connectivity index (χ3n) is 14.2. The maximum Gasteiger partial charge on any atom is 0.242 e. The van der Waals surface area contributed by atoms with Crippen molar-refractivity contribution in [2.75, 3.05) is 72.6 Å². The Labute approximate surface area is 630 Å². The molecule has 0 unspecified atom stereocenters. The van der Waals surface area contributed by atoms with Gasteiger partial charge in [-0.2, -0.15) is 0 Å². The van der Waals surface area contributed by atoms with E-state index in [-0.39, 0.29) is 107 Å². The summed E-state index contributed by atoms with van der Waals surface area (Å²) in [6.45, 7) is 59.6. The smallest absolute Gasteiger partial charge is 0.242 e. The van der Waals surface area contributed by atoms with Crippen molar-refractivity contribution in [3.05, 3.63) is 47.6 Å². The van der Waals surface area contributed by atoms with Gasteiger partial charge in [0.2, 0.25) is 17.7 Å². The van der Waals surface area contributed by atoms with Crippen molar-refractivity contribution < 1.29 is 61.9 Å². The van der Waals surface area contributed by atoms with Crippen LogP contribution in [0.3, 0.4) is 0 Å². The van der Waals surface area contributed by atoms with E-state index in [1.807, 2.05) is 117 Å². The molecular weight excluding hydrogens is 1340 g/mol. The van der Waals surface area contributed by atoms with E-state index in [1.165, 1.54) is 15.8 Å². The highest BCUT2D eigenvalue weighted by Crippen LogP contribution is 2.20. The monoisotopic (exact) mass is 1490 g/mol. The van der Waals surface area contributed by atoms with Crippen LogP contribution in [0.5, 0.6) is 0 Å². The zero-order chi connectivity index (χ0) is 79.4. The highest BCUT2D eigenvalue weighted by molar-refractivity contribution is 5.83. The lowest BCUT2D eigenvalue weighted by atomic mass is 9.88. The lowest BCUT2D eigenvalue weighted by Gasteiger charge is -2.30. The van der Waals surface area contributed by atoms with Gasteiger partial charge in [-0.25, -0.2) is 18.7 Å². The predicted octanol–water partition coefficient (Wildman–Crippen LogP) is 9.90. The van der Waals surface area contributed by atoms with Crippen molar-refractivity contribution in [1.82, 2.24) is 81.2 Å². The Balaban J connectivity index is 0.000000663. The second-order valence-electron chi connectivity index (χ2n) is 33.6. The van der Waals surface area contributed by atoms with Crippen LogP contribution < -0.4 is 21.3 Å². The molecule has 29 heteroatoms. The molecule has 1 fully saturated rings. The van der Waals surface area contributed by atoms with Gasteiger partial charge in [-0.15, -0.1) is 20.4 Å². The minimum Gasteiger partial charge on any atom is -0.379 e. The normalized spacial score (nSPS) is 14.3. The molecule has 1 saturated heterocycles. The number of hydrogen-bond donors (Lipinski definition) is 4. The van der Waals surface area contributed by atoms with E-state index in [9.17, 15) is 24.0 Å². The first-order valence-corrected chi connectivity index (χ1v) is 37.9. The van der Waals surface area contributed by atoms with Crippen LogP contribution in [0.25, 0.3) is 0 Å². The molecule has 5 heterocycles. The first-order chi connectivity index (χ1) is 48.8. The predicted molar refractivity (Wildman–Crippen MR) is 408 cm³/mol. The Bertz CT molecular complexity index is 2950. The molecule has 0 spiro atoms. The number of carbonyl (C=O) groups excluding carboxylic acids is 5. The number of Topliss-reactive ketones (excluding diaryl/α,β-unsaturated/α-hetero) is 2. The number of carbonyl (C=O) groups is 5. The summed E-state index contributed by atoms with van der Waals surface area (Å²) in [5.41, 5.74) is 2.09. The lowest BCUT2D eigenvalue weighted by molar-refractivity contribution is -0.126. The zero-order valence-electron chi connectivity index (χ0n) is 69.4. The highest BCUT2D eigenvalue weighted by atomic mass is 16.6. The summed E-state index contributed by atoms with van der Waals surface area (Å²) in [7, 11) is 0. The molecular formula is C76H142N16O13. The Kier molecular flexibility index (Phi) is 47.4. The molecule has 1 aliphatic heterocycles. The van der Waals surface area contributed by atoms with Gasteiger partial charge in [0.25, 0.3) is 0 Å². The SMILES string of the molecule is CC(C)(C)NC(=O)Cn1cc(CCC(=O)C(C)(C)C)nn1.CC(C)(C)NCCc1cn(CC(=O)NC(C)(C)C)nn1.CC(C)CC(=O)Cn1cc(COC[C@H]2C[C@@H](OC(C)C)CCO2)nn1.CC(C)CCCOCCOCc1cn(CC(=O)NC(C)(C)C)nn1.CC(C)CCOCCOCCOC(C)C. The molecule has 5 rings (SSSR count). The topological polar surface area (TPSA) is 330 Å². The molecule has 0 saturated carbocycles. The maximum absolute atomic E-state index is 11.9. The van der Waals surface area contributed by atoms with E-state index in [2.05, 4.69) is 125 Å². The number of amides is 3. The van der Waals surface area contributed by atoms with Gasteiger partial charge >= 0.3 is 0 Å². The maximum atomic E-state index is 11.9. The minimum absolute atomic E-state index is 0.0539. The second kappa shape index (κ2) is 51.3. The second-order valence-corrected chi connectivity index (χ2v) is 33.6. The number of nitrogens with one attached hydrogen (secondary N) is 4. The summed E-state index contributed by atoms with van der Waals surface area (Å²) in [5, 5.41) is 44.0. The zero-order valence-corrected chi connectivity index (χ0v) is 69.4. The van der Waals surface area contributed by atoms with Crippen molar-refractivity contribution in [1.29, 1.82) is 0 Å². The van der Waals surface area contributed by atoms with Crippen molar-refractivity contribution in [2.45, 2.75) is 317 Å². The van der Waals surface area contributed by atoms with Gasteiger partial charge in [0.05, 0.1) is 108 Å². The quantitative estimate of drug-likeness (QED) is 0.0300. The average Bonchev–Trinajstić information content (AvgIpc) is 1.87. The number of ketones is 2. The third kappa shape index (κ3) is 56.8. The Hall–Kier alpha value is -6.05. The van der Waals surface area contributed by atoms with E-state index in [0.717, 1.165) is 74.9 Å².